The molecule has 1 aromatic carbocycles. The molecule has 0 atom stereocenters. The first-order valence-electron chi connectivity index (χ1n) is 10.3. The summed E-state index contributed by atoms with van der Waals surface area (Å²) in [6.07, 6.45) is 2.04. The molecule has 0 bridgehead atoms. The summed E-state index contributed by atoms with van der Waals surface area (Å²) in [5.41, 5.74) is -1.82. The molecule has 1 fully saturated rings. The first-order chi connectivity index (χ1) is 15.2. The van der Waals surface area contributed by atoms with Gasteiger partial charge in [0.25, 0.3) is 11.8 Å². The summed E-state index contributed by atoms with van der Waals surface area (Å²) in [6, 6.07) is -0.00508. The predicted molar refractivity (Wildman–Crippen MR) is 113 cm³/mol. The molecule has 3 N–H and O–H groups in total. The number of nitrogens with one attached hydrogen (secondary N) is 3. The SMILES string of the molecule is CC1(C)Cc2c(sc(NC(=O)c3c(F)c(F)c(F)c(F)c3F)c2C(=O)NC2CC2)C(C)(C)N1. The van der Waals surface area contributed by atoms with Crippen molar-refractivity contribution in [3.63, 3.8) is 0 Å². The second kappa shape index (κ2) is 7.76. The molecular formula is C22H22F5N3O2S. The normalized spacial score (nSPS) is 18.6. The number of rotatable bonds is 4. The van der Waals surface area contributed by atoms with E-state index >= 15 is 0 Å². The van der Waals surface area contributed by atoms with E-state index < -0.39 is 57.5 Å². The number of benzene rings is 1. The van der Waals surface area contributed by atoms with Gasteiger partial charge < -0.3 is 16.0 Å². The molecule has 0 spiro atoms. The van der Waals surface area contributed by atoms with Crippen LogP contribution in [0.25, 0.3) is 0 Å². The van der Waals surface area contributed by atoms with Gasteiger partial charge in [0.15, 0.2) is 23.3 Å². The molecule has 0 radical (unpaired) electrons. The highest BCUT2D eigenvalue weighted by molar-refractivity contribution is 7.17. The Morgan fingerprint density at radius 1 is 0.879 bits per heavy atom. The lowest BCUT2D eigenvalue weighted by molar-refractivity contribution is 0.0950. The fraction of sp³-hybridized carbons (Fsp3) is 0.455. The number of amides is 2. The van der Waals surface area contributed by atoms with Gasteiger partial charge in [-0.3, -0.25) is 9.59 Å². The maximum Gasteiger partial charge on any atom is 0.262 e. The lowest BCUT2D eigenvalue weighted by Crippen LogP contribution is -2.55. The summed E-state index contributed by atoms with van der Waals surface area (Å²) < 4.78 is 69.0. The maximum atomic E-state index is 14.2. The summed E-state index contributed by atoms with van der Waals surface area (Å²) in [6.45, 7) is 7.68. The van der Waals surface area contributed by atoms with E-state index in [0.29, 0.717) is 12.0 Å². The van der Waals surface area contributed by atoms with Crippen LogP contribution in [-0.4, -0.2) is 23.4 Å². The van der Waals surface area contributed by atoms with Gasteiger partial charge in [-0.15, -0.1) is 11.3 Å². The number of hydrogen-bond acceptors (Lipinski definition) is 4. The minimum atomic E-state index is -2.35. The van der Waals surface area contributed by atoms with Crippen LogP contribution in [0.3, 0.4) is 0 Å². The highest BCUT2D eigenvalue weighted by atomic mass is 32.1. The molecule has 0 saturated heterocycles. The smallest absolute Gasteiger partial charge is 0.262 e. The first-order valence-corrected chi connectivity index (χ1v) is 11.1. The third-order valence-corrected chi connectivity index (χ3v) is 7.12. The minimum Gasteiger partial charge on any atom is -0.349 e. The molecule has 33 heavy (non-hydrogen) atoms. The Morgan fingerprint density at radius 3 is 1.97 bits per heavy atom. The van der Waals surface area contributed by atoms with Crippen molar-refractivity contribution in [2.24, 2.45) is 0 Å². The van der Waals surface area contributed by atoms with Gasteiger partial charge in [-0.2, -0.15) is 0 Å². The Hall–Kier alpha value is -2.53. The van der Waals surface area contributed by atoms with Crippen LogP contribution in [0.5, 0.6) is 0 Å². The largest absolute Gasteiger partial charge is 0.349 e. The zero-order chi connectivity index (χ0) is 24.5. The van der Waals surface area contributed by atoms with Crippen molar-refractivity contribution in [1.29, 1.82) is 0 Å². The van der Waals surface area contributed by atoms with Crippen LogP contribution in [0.15, 0.2) is 0 Å². The number of fused-ring (bicyclic) bond motifs is 1. The van der Waals surface area contributed by atoms with E-state index in [9.17, 15) is 31.5 Å². The van der Waals surface area contributed by atoms with Crippen LogP contribution in [0.4, 0.5) is 27.0 Å². The Balaban J connectivity index is 1.81. The Bertz CT molecular complexity index is 1160. The van der Waals surface area contributed by atoms with Gasteiger partial charge in [0, 0.05) is 22.0 Å². The third kappa shape index (κ3) is 4.12. The molecule has 1 aromatic heterocycles. The molecule has 2 aliphatic rings. The molecule has 4 rings (SSSR count). The van der Waals surface area contributed by atoms with Crippen LogP contribution < -0.4 is 16.0 Å². The number of carbonyl (C=O) groups excluding carboxylic acids is 2. The van der Waals surface area contributed by atoms with Gasteiger partial charge in [-0.05, 0) is 52.5 Å². The highest BCUT2D eigenvalue weighted by Gasteiger charge is 2.42. The van der Waals surface area contributed by atoms with E-state index in [1.54, 1.807) is 0 Å². The number of halogens is 5. The molecule has 1 aliphatic heterocycles. The summed E-state index contributed by atoms with van der Waals surface area (Å²) in [5, 5.41) is 8.51. The lowest BCUT2D eigenvalue weighted by atomic mass is 9.81. The van der Waals surface area contributed by atoms with Crippen LogP contribution in [-0.2, 0) is 12.0 Å². The molecule has 1 saturated carbocycles. The standard InChI is InChI=1S/C22H22F5N3O2S/c1-21(2)7-9-10(18(31)28-8-5-6-8)20(33-17(9)22(3,4)30-21)29-19(32)11-12(23)14(25)16(27)15(26)13(11)24/h8,30H,5-7H2,1-4H3,(H,28,31)(H,29,32). The molecule has 178 valence electrons. The van der Waals surface area contributed by atoms with Crippen LogP contribution in [0, 0.1) is 29.1 Å². The van der Waals surface area contributed by atoms with E-state index in [-0.39, 0.29) is 16.6 Å². The molecule has 5 nitrogen and oxygen atoms in total. The van der Waals surface area contributed by atoms with E-state index in [2.05, 4.69) is 16.0 Å². The molecule has 0 unspecified atom stereocenters. The van der Waals surface area contributed by atoms with Gasteiger partial charge in [0.1, 0.15) is 10.6 Å². The van der Waals surface area contributed by atoms with Crippen LogP contribution >= 0.6 is 11.3 Å². The van der Waals surface area contributed by atoms with Gasteiger partial charge in [-0.25, -0.2) is 22.0 Å². The highest BCUT2D eigenvalue weighted by Crippen LogP contribution is 2.45. The minimum absolute atomic E-state index is 0.00508. The number of carbonyl (C=O) groups is 2. The van der Waals surface area contributed by atoms with E-state index in [1.165, 1.54) is 0 Å². The Kier molecular flexibility index (Phi) is 5.56. The molecule has 2 heterocycles. The average Bonchev–Trinajstić information content (AvgIpc) is 3.43. The van der Waals surface area contributed by atoms with Crippen molar-refractivity contribution in [3.8, 4) is 0 Å². The second-order valence-electron chi connectivity index (χ2n) is 9.57. The number of anilines is 1. The zero-order valence-electron chi connectivity index (χ0n) is 18.3. The molecule has 2 aromatic rings. The van der Waals surface area contributed by atoms with Crippen molar-refractivity contribution in [1.82, 2.24) is 10.6 Å². The van der Waals surface area contributed by atoms with E-state index in [4.69, 9.17) is 0 Å². The van der Waals surface area contributed by atoms with Crippen molar-refractivity contribution < 1.29 is 31.5 Å². The van der Waals surface area contributed by atoms with Crippen molar-refractivity contribution in [2.45, 2.75) is 64.1 Å². The van der Waals surface area contributed by atoms with Crippen molar-refractivity contribution >= 4 is 28.2 Å². The van der Waals surface area contributed by atoms with Crippen LogP contribution in [0.1, 0.15) is 71.7 Å². The van der Waals surface area contributed by atoms with Gasteiger partial charge in [0.2, 0.25) is 5.82 Å². The maximum absolute atomic E-state index is 14.2. The average molecular weight is 487 g/mol. The second-order valence-corrected chi connectivity index (χ2v) is 10.6. The Morgan fingerprint density at radius 2 is 1.42 bits per heavy atom. The zero-order valence-corrected chi connectivity index (χ0v) is 19.1. The summed E-state index contributed by atoms with van der Waals surface area (Å²) in [4.78, 5) is 26.5. The van der Waals surface area contributed by atoms with Gasteiger partial charge in [-0.1, -0.05) is 0 Å². The van der Waals surface area contributed by atoms with Crippen molar-refractivity contribution in [3.05, 3.63) is 50.7 Å². The van der Waals surface area contributed by atoms with E-state index in [0.717, 1.165) is 29.1 Å². The van der Waals surface area contributed by atoms with Gasteiger partial charge in [0.05, 0.1) is 5.56 Å². The van der Waals surface area contributed by atoms with E-state index in [1.807, 2.05) is 27.7 Å². The van der Waals surface area contributed by atoms with Crippen molar-refractivity contribution in [2.75, 3.05) is 5.32 Å². The molecule has 11 heteroatoms. The fourth-order valence-corrected chi connectivity index (χ4v) is 5.58. The first kappa shape index (κ1) is 23.6. The number of hydrogen-bond donors (Lipinski definition) is 3. The monoisotopic (exact) mass is 487 g/mol. The summed E-state index contributed by atoms with van der Waals surface area (Å²) in [5.74, 6) is -13.3. The molecular weight excluding hydrogens is 465 g/mol. The summed E-state index contributed by atoms with van der Waals surface area (Å²) >= 11 is 1.03. The third-order valence-electron chi connectivity index (χ3n) is 5.65. The number of thiophene rings is 1. The Labute approximate surface area is 190 Å². The predicted octanol–water partition coefficient (Wildman–Crippen LogP) is 4.75. The lowest BCUT2D eigenvalue weighted by Gasteiger charge is -2.42. The summed E-state index contributed by atoms with van der Waals surface area (Å²) in [7, 11) is 0. The van der Waals surface area contributed by atoms with Crippen LogP contribution in [0.2, 0.25) is 0 Å². The van der Waals surface area contributed by atoms with Gasteiger partial charge >= 0.3 is 0 Å². The topological polar surface area (TPSA) is 70.2 Å². The molecule has 1 aliphatic carbocycles. The fourth-order valence-electron chi connectivity index (χ4n) is 4.31. The molecule has 2 amide bonds. The quantitative estimate of drug-likeness (QED) is 0.331.